The molecule has 0 bridgehead atoms. The fraction of sp³-hybridized carbons (Fsp3) is 0.950. The average molecular weight is 372 g/mol. The van der Waals surface area contributed by atoms with Crippen LogP contribution in [0.3, 0.4) is 0 Å². The predicted molar refractivity (Wildman–Crippen MR) is 120 cm³/mol. The number of hydrogen-bond donors (Lipinski definition) is 0. The zero-order valence-electron chi connectivity index (χ0n) is 17.7. The summed E-state index contributed by atoms with van der Waals surface area (Å²) in [6.45, 7) is 22.2. The van der Waals surface area contributed by atoms with Crippen LogP contribution in [0.2, 0.25) is 63.2 Å². The van der Waals surface area contributed by atoms with Crippen LogP contribution in [-0.4, -0.2) is 24.2 Å². The molecule has 1 radical (unpaired) electrons. The van der Waals surface area contributed by atoms with Gasteiger partial charge < -0.3 is 0 Å². The highest BCUT2D eigenvalue weighted by molar-refractivity contribution is 7.02. The summed E-state index contributed by atoms with van der Waals surface area (Å²) in [5, 5.41) is 0. The third-order valence-electron chi connectivity index (χ3n) is 4.69. The molecule has 0 aromatic rings. The Kier molecular flexibility index (Phi) is 11.6. The molecule has 0 spiro atoms. The minimum absolute atomic E-state index is 0.908. The molecule has 0 N–H and O–H groups in total. The normalized spacial score (nSPS) is 13.6. The van der Waals surface area contributed by atoms with E-state index in [9.17, 15) is 0 Å². The fourth-order valence-electron chi connectivity index (χ4n) is 4.59. The van der Waals surface area contributed by atoms with E-state index < -0.39 is 24.2 Å². The number of unbranched alkanes of at least 4 members (excludes halogenated alkanes) is 8. The molecule has 139 valence electrons. The molecule has 0 aromatic heterocycles. The second-order valence-electron chi connectivity index (χ2n) is 10.7. The van der Waals surface area contributed by atoms with Gasteiger partial charge in [-0.05, 0) is 0 Å². The molecule has 0 saturated heterocycles. The van der Waals surface area contributed by atoms with Gasteiger partial charge in [0, 0.05) is 24.2 Å². The van der Waals surface area contributed by atoms with Gasteiger partial charge in [0.1, 0.15) is 0 Å². The lowest BCUT2D eigenvalue weighted by molar-refractivity contribution is 0.576. The molecular weight excluding hydrogens is 324 g/mol. The molecule has 0 saturated carbocycles. The molecule has 0 atom stereocenters. The maximum absolute atomic E-state index is 3.93. The monoisotopic (exact) mass is 371 g/mol. The molecule has 0 nitrogen and oxygen atoms in total. The van der Waals surface area contributed by atoms with Crippen LogP contribution in [0.1, 0.15) is 57.8 Å². The Balaban J connectivity index is 4.06. The highest BCUT2D eigenvalue weighted by Gasteiger charge is 2.36. The zero-order valence-corrected chi connectivity index (χ0v) is 20.7. The molecular formula is C20H47Si3. The maximum atomic E-state index is 3.93. The van der Waals surface area contributed by atoms with E-state index in [0.717, 1.165) is 6.42 Å². The van der Waals surface area contributed by atoms with E-state index in [1.54, 1.807) is 17.4 Å². The van der Waals surface area contributed by atoms with E-state index in [1.165, 1.54) is 51.4 Å². The van der Waals surface area contributed by atoms with Crippen molar-refractivity contribution in [1.29, 1.82) is 0 Å². The van der Waals surface area contributed by atoms with Gasteiger partial charge in [0.15, 0.2) is 0 Å². The lowest BCUT2D eigenvalue weighted by Gasteiger charge is -2.37. The Morgan fingerprint density at radius 1 is 0.522 bits per heavy atom. The molecule has 23 heavy (non-hydrogen) atoms. The number of hydrogen-bond acceptors (Lipinski definition) is 0. The van der Waals surface area contributed by atoms with Crippen molar-refractivity contribution in [3.63, 3.8) is 0 Å². The van der Waals surface area contributed by atoms with Gasteiger partial charge in [-0.2, -0.15) is 0 Å². The second kappa shape index (κ2) is 11.3. The van der Waals surface area contributed by atoms with E-state index in [-0.39, 0.29) is 0 Å². The molecule has 0 unspecified atom stereocenters. The summed E-state index contributed by atoms with van der Waals surface area (Å²) < 4.78 is 0. The van der Waals surface area contributed by atoms with Crippen molar-refractivity contribution in [2.45, 2.75) is 121 Å². The van der Waals surface area contributed by atoms with Crippen LogP contribution in [0.25, 0.3) is 0 Å². The van der Waals surface area contributed by atoms with Crippen molar-refractivity contribution in [3.8, 4) is 0 Å². The quantitative estimate of drug-likeness (QED) is 0.213. The van der Waals surface area contributed by atoms with Gasteiger partial charge >= 0.3 is 0 Å². The molecule has 0 heterocycles. The molecule has 0 aromatic carbocycles. The molecule has 0 aliphatic carbocycles. The van der Waals surface area contributed by atoms with Crippen molar-refractivity contribution in [2.75, 3.05) is 0 Å². The number of rotatable bonds is 14. The van der Waals surface area contributed by atoms with Crippen LogP contribution in [0.5, 0.6) is 0 Å². The summed E-state index contributed by atoms with van der Waals surface area (Å²) >= 11 is 0. The van der Waals surface area contributed by atoms with Crippen LogP contribution >= 0.6 is 0 Å². The Morgan fingerprint density at radius 3 is 1.22 bits per heavy atom. The van der Waals surface area contributed by atoms with Gasteiger partial charge in [0.05, 0.1) is 0 Å². The van der Waals surface area contributed by atoms with Crippen LogP contribution in [0.15, 0.2) is 0 Å². The minimum atomic E-state index is -0.990. The molecule has 0 rings (SSSR count). The van der Waals surface area contributed by atoms with Crippen molar-refractivity contribution in [2.24, 2.45) is 0 Å². The molecule has 0 aliphatic rings. The summed E-state index contributed by atoms with van der Waals surface area (Å²) in [6.07, 6.45) is 12.7. The Hall–Kier alpha value is 0.651. The average Bonchev–Trinajstić information content (AvgIpc) is 2.32. The van der Waals surface area contributed by atoms with E-state index in [4.69, 9.17) is 0 Å². The third-order valence-corrected chi connectivity index (χ3v) is 21.6. The van der Waals surface area contributed by atoms with Crippen molar-refractivity contribution < 1.29 is 0 Å². The van der Waals surface area contributed by atoms with E-state index in [0.29, 0.717) is 0 Å². The van der Waals surface area contributed by atoms with Crippen LogP contribution in [-0.2, 0) is 0 Å². The summed E-state index contributed by atoms with van der Waals surface area (Å²) in [4.78, 5) is 0. The first kappa shape index (κ1) is 23.7. The molecule has 0 amide bonds. The Bertz CT molecular complexity index is 270. The van der Waals surface area contributed by atoms with Gasteiger partial charge in [-0.15, -0.1) is 0 Å². The van der Waals surface area contributed by atoms with Gasteiger partial charge in [-0.25, -0.2) is 0 Å². The zero-order chi connectivity index (χ0) is 18.0. The van der Waals surface area contributed by atoms with Crippen molar-refractivity contribution >= 4 is 24.2 Å². The lowest BCUT2D eigenvalue weighted by Crippen LogP contribution is -2.45. The van der Waals surface area contributed by atoms with E-state index in [1.807, 2.05) is 0 Å². The first-order valence-electron chi connectivity index (χ1n) is 10.3. The lowest BCUT2D eigenvalue weighted by atomic mass is 10.1. The highest BCUT2D eigenvalue weighted by Crippen LogP contribution is 2.33. The Labute approximate surface area is 152 Å². The smallest absolute Gasteiger partial charge is 0.0452 e. The molecule has 3 heteroatoms. The van der Waals surface area contributed by atoms with Crippen LogP contribution < -0.4 is 0 Å². The van der Waals surface area contributed by atoms with Gasteiger partial charge in [0.2, 0.25) is 0 Å². The van der Waals surface area contributed by atoms with Crippen LogP contribution in [0, 0.1) is 6.92 Å². The predicted octanol–water partition coefficient (Wildman–Crippen LogP) is 8.16. The summed E-state index contributed by atoms with van der Waals surface area (Å²) in [6, 6.07) is 1.61. The summed E-state index contributed by atoms with van der Waals surface area (Å²) in [5.74, 6) is 0. The van der Waals surface area contributed by atoms with Gasteiger partial charge in [-0.3, -0.25) is 0 Å². The van der Waals surface area contributed by atoms with Gasteiger partial charge in [-0.1, -0.05) is 128 Å². The SMILES string of the molecule is [CH2]CCCCCCCCCC[Si](C)(C[Si](C)(C)C)C[Si](C)(C)C. The topological polar surface area (TPSA) is 0 Å². The first-order chi connectivity index (χ1) is 10.5. The first-order valence-corrected chi connectivity index (χ1v) is 20.8. The standard InChI is InChI=1S/C20H47Si3/c1-9-10-11-12-13-14-15-16-17-18-23(8,19-21(2,3)4)20-22(5,6)7/h1,9-20H2,2-8H3. The minimum Gasteiger partial charge on any atom is -0.0698 e. The highest BCUT2D eigenvalue weighted by atomic mass is 28.4. The van der Waals surface area contributed by atoms with E-state index in [2.05, 4.69) is 52.8 Å². The van der Waals surface area contributed by atoms with Crippen molar-refractivity contribution in [1.82, 2.24) is 0 Å². The molecule has 0 aliphatic heterocycles. The third kappa shape index (κ3) is 15.9. The van der Waals surface area contributed by atoms with Gasteiger partial charge in [0.25, 0.3) is 0 Å². The Morgan fingerprint density at radius 2 is 0.870 bits per heavy atom. The molecule has 0 fully saturated rings. The second-order valence-corrected chi connectivity index (χ2v) is 27.9. The summed E-state index contributed by atoms with van der Waals surface area (Å²) in [5.41, 5.74) is 3.32. The van der Waals surface area contributed by atoms with Crippen molar-refractivity contribution in [3.05, 3.63) is 6.92 Å². The van der Waals surface area contributed by atoms with E-state index >= 15 is 0 Å². The largest absolute Gasteiger partial charge is 0.0698 e. The maximum Gasteiger partial charge on any atom is 0.0452 e. The summed E-state index contributed by atoms with van der Waals surface area (Å²) in [7, 11) is -2.81. The van der Waals surface area contributed by atoms with Crippen LogP contribution in [0.4, 0.5) is 0 Å². The fourth-order valence-corrected chi connectivity index (χ4v) is 29.2.